The second kappa shape index (κ2) is 7.48. The lowest BCUT2D eigenvalue weighted by atomic mass is 10.2. The predicted molar refractivity (Wildman–Crippen MR) is 73.5 cm³/mol. The second-order valence-electron chi connectivity index (χ2n) is 4.08. The van der Waals surface area contributed by atoms with E-state index in [1.807, 2.05) is 23.8 Å². The topological polar surface area (TPSA) is 46.9 Å². The van der Waals surface area contributed by atoms with Crippen LogP contribution in [0.4, 0.5) is 0 Å². The molecule has 0 aliphatic heterocycles. The van der Waals surface area contributed by atoms with Crippen LogP contribution < -0.4 is 5.32 Å². The summed E-state index contributed by atoms with van der Waals surface area (Å²) in [4.78, 5) is 11.9. The highest BCUT2D eigenvalue weighted by Gasteiger charge is 2.12. The Bertz CT molecular complexity index is 432. The van der Waals surface area contributed by atoms with Gasteiger partial charge >= 0.3 is 0 Å². The van der Waals surface area contributed by atoms with Gasteiger partial charge in [0.1, 0.15) is 0 Å². The third kappa shape index (κ3) is 3.87. The summed E-state index contributed by atoms with van der Waals surface area (Å²) >= 11 is 0. The van der Waals surface area contributed by atoms with Crippen LogP contribution in [0.2, 0.25) is 0 Å². The number of allylic oxidation sites excluding steroid dienone is 2. The lowest BCUT2D eigenvalue weighted by Crippen LogP contribution is -2.24. The van der Waals surface area contributed by atoms with E-state index in [4.69, 9.17) is 0 Å². The summed E-state index contributed by atoms with van der Waals surface area (Å²) in [7, 11) is 0. The lowest BCUT2D eigenvalue weighted by molar-refractivity contribution is 0.0953. The zero-order chi connectivity index (χ0) is 13.4. The Labute approximate surface area is 108 Å². The summed E-state index contributed by atoms with van der Waals surface area (Å²) in [6, 6.07) is 0. The zero-order valence-corrected chi connectivity index (χ0v) is 11.1. The van der Waals surface area contributed by atoms with Crippen LogP contribution in [0.25, 0.3) is 0 Å². The van der Waals surface area contributed by atoms with E-state index >= 15 is 0 Å². The molecular formula is C14H21N3O. The Morgan fingerprint density at radius 1 is 1.61 bits per heavy atom. The van der Waals surface area contributed by atoms with Gasteiger partial charge in [0.15, 0.2) is 0 Å². The predicted octanol–water partition coefficient (Wildman–Crippen LogP) is 2.46. The second-order valence-corrected chi connectivity index (χ2v) is 4.08. The standard InChI is InChI=1S/C14H21N3O/c1-4-6-7-8-9-15-14(18)13-11-16-17(10-5-2)12(13)3/h4,6-7,11H,1,5,8-10H2,2-3H3,(H,15,18)/b7-6+. The van der Waals surface area contributed by atoms with E-state index in [1.54, 1.807) is 12.3 Å². The van der Waals surface area contributed by atoms with Crippen molar-refractivity contribution in [1.82, 2.24) is 15.1 Å². The minimum Gasteiger partial charge on any atom is -0.352 e. The molecule has 1 amide bonds. The summed E-state index contributed by atoms with van der Waals surface area (Å²) < 4.78 is 1.87. The van der Waals surface area contributed by atoms with E-state index in [2.05, 4.69) is 23.9 Å². The largest absolute Gasteiger partial charge is 0.352 e. The molecular weight excluding hydrogens is 226 g/mol. The highest BCUT2D eigenvalue weighted by Crippen LogP contribution is 2.07. The van der Waals surface area contributed by atoms with Crippen LogP contribution in [0.5, 0.6) is 0 Å². The van der Waals surface area contributed by atoms with Gasteiger partial charge in [0.2, 0.25) is 0 Å². The van der Waals surface area contributed by atoms with Gasteiger partial charge < -0.3 is 5.32 Å². The van der Waals surface area contributed by atoms with Crippen LogP contribution in [0.3, 0.4) is 0 Å². The first-order chi connectivity index (χ1) is 8.70. The first kappa shape index (κ1) is 14.2. The first-order valence-corrected chi connectivity index (χ1v) is 6.28. The van der Waals surface area contributed by atoms with Gasteiger partial charge in [0.25, 0.3) is 5.91 Å². The number of hydrogen-bond donors (Lipinski definition) is 1. The lowest BCUT2D eigenvalue weighted by Gasteiger charge is -2.04. The molecule has 98 valence electrons. The monoisotopic (exact) mass is 247 g/mol. The maximum absolute atomic E-state index is 11.9. The molecule has 1 aromatic rings. The quantitative estimate of drug-likeness (QED) is 0.594. The van der Waals surface area contributed by atoms with Gasteiger partial charge in [0, 0.05) is 18.8 Å². The van der Waals surface area contributed by atoms with E-state index in [-0.39, 0.29) is 5.91 Å². The average Bonchev–Trinajstić information content (AvgIpc) is 2.71. The molecule has 0 fully saturated rings. The van der Waals surface area contributed by atoms with Gasteiger partial charge in [-0.3, -0.25) is 9.48 Å². The highest BCUT2D eigenvalue weighted by molar-refractivity contribution is 5.94. The van der Waals surface area contributed by atoms with E-state index in [1.165, 1.54) is 0 Å². The minimum absolute atomic E-state index is 0.0538. The fraction of sp³-hybridized carbons (Fsp3) is 0.429. The van der Waals surface area contributed by atoms with Crippen molar-refractivity contribution in [2.45, 2.75) is 33.2 Å². The van der Waals surface area contributed by atoms with Crippen molar-refractivity contribution in [3.8, 4) is 0 Å². The Morgan fingerprint density at radius 2 is 2.39 bits per heavy atom. The molecule has 0 aliphatic carbocycles. The van der Waals surface area contributed by atoms with Gasteiger partial charge in [-0.05, 0) is 19.8 Å². The molecule has 4 nitrogen and oxygen atoms in total. The molecule has 1 N–H and O–H groups in total. The summed E-state index contributed by atoms with van der Waals surface area (Å²) in [6.45, 7) is 9.08. The first-order valence-electron chi connectivity index (χ1n) is 6.28. The molecule has 0 atom stereocenters. The van der Waals surface area contributed by atoms with E-state index < -0.39 is 0 Å². The third-order valence-electron chi connectivity index (χ3n) is 2.65. The SMILES string of the molecule is C=C/C=C/CCNC(=O)c1cnn(CCC)c1C. The molecule has 0 radical (unpaired) electrons. The number of nitrogens with zero attached hydrogens (tertiary/aromatic N) is 2. The molecule has 0 saturated heterocycles. The van der Waals surface area contributed by atoms with Crippen LogP contribution in [-0.2, 0) is 6.54 Å². The van der Waals surface area contributed by atoms with Crippen molar-refractivity contribution in [2.24, 2.45) is 0 Å². The Morgan fingerprint density at radius 3 is 3.06 bits per heavy atom. The Hall–Kier alpha value is -1.84. The minimum atomic E-state index is -0.0538. The molecule has 4 heteroatoms. The molecule has 18 heavy (non-hydrogen) atoms. The van der Waals surface area contributed by atoms with Crippen molar-refractivity contribution in [2.75, 3.05) is 6.54 Å². The van der Waals surface area contributed by atoms with Crippen molar-refractivity contribution in [3.63, 3.8) is 0 Å². The molecule has 0 aromatic carbocycles. The maximum Gasteiger partial charge on any atom is 0.254 e. The van der Waals surface area contributed by atoms with Gasteiger partial charge in [-0.15, -0.1) is 0 Å². The zero-order valence-electron chi connectivity index (χ0n) is 11.1. The average molecular weight is 247 g/mol. The molecule has 0 saturated carbocycles. The summed E-state index contributed by atoms with van der Waals surface area (Å²) in [5.74, 6) is -0.0538. The maximum atomic E-state index is 11.9. The summed E-state index contributed by atoms with van der Waals surface area (Å²) in [5, 5.41) is 7.09. The molecule has 0 bridgehead atoms. The van der Waals surface area contributed by atoms with E-state index in [9.17, 15) is 4.79 Å². The van der Waals surface area contributed by atoms with Gasteiger partial charge in [-0.1, -0.05) is 31.7 Å². The number of rotatable bonds is 7. The number of nitrogens with one attached hydrogen (secondary N) is 1. The van der Waals surface area contributed by atoms with Crippen molar-refractivity contribution in [1.29, 1.82) is 0 Å². The van der Waals surface area contributed by atoms with Gasteiger partial charge in [-0.2, -0.15) is 5.10 Å². The number of carbonyl (C=O) groups excluding carboxylic acids is 1. The summed E-state index contributed by atoms with van der Waals surface area (Å²) in [5.41, 5.74) is 1.59. The highest BCUT2D eigenvalue weighted by atomic mass is 16.1. The van der Waals surface area contributed by atoms with Crippen LogP contribution in [0, 0.1) is 6.92 Å². The summed E-state index contributed by atoms with van der Waals surface area (Å²) in [6.07, 6.45) is 9.02. The van der Waals surface area contributed by atoms with Crippen LogP contribution in [0.15, 0.2) is 31.0 Å². The number of aryl methyl sites for hydroxylation is 1. The van der Waals surface area contributed by atoms with Crippen molar-refractivity contribution >= 4 is 5.91 Å². The number of aromatic nitrogens is 2. The fourth-order valence-corrected chi connectivity index (χ4v) is 1.66. The number of carbonyl (C=O) groups is 1. The smallest absolute Gasteiger partial charge is 0.254 e. The molecule has 0 aliphatic rings. The van der Waals surface area contributed by atoms with Gasteiger partial charge in [-0.25, -0.2) is 0 Å². The number of hydrogen-bond acceptors (Lipinski definition) is 2. The molecule has 0 spiro atoms. The van der Waals surface area contributed by atoms with Crippen LogP contribution in [-0.4, -0.2) is 22.2 Å². The molecule has 1 aromatic heterocycles. The van der Waals surface area contributed by atoms with E-state index in [0.717, 1.165) is 25.1 Å². The Balaban J connectivity index is 2.51. The molecule has 0 unspecified atom stereocenters. The third-order valence-corrected chi connectivity index (χ3v) is 2.65. The number of amides is 1. The van der Waals surface area contributed by atoms with Crippen molar-refractivity contribution in [3.05, 3.63) is 42.3 Å². The van der Waals surface area contributed by atoms with Gasteiger partial charge in [0.05, 0.1) is 11.8 Å². The van der Waals surface area contributed by atoms with Crippen molar-refractivity contribution < 1.29 is 4.79 Å². The molecule has 1 heterocycles. The van der Waals surface area contributed by atoms with E-state index in [0.29, 0.717) is 12.1 Å². The van der Waals surface area contributed by atoms with Crippen LogP contribution in [0.1, 0.15) is 35.8 Å². The Kier molecular flexibility index (Phi) is 5.91. The molecule has 1 rings (SSSR count). The van der Waals surface area contributed by atoms with Crippen LogP contribution >= 0.6 is 0 Å². The normalized spacial score (nSPS) is 10.8. The fourth-order valence-electron chi connectivity index (χ4n) is 1.66.